The van der Waals surface area contributed by atoms with E-state index in [-0.39, 0.29) is 0 Å². The second-order valence-corrected chi connectivity index (χ2v) is 7.04. The molecule has 0 bridgehead atoms. The van der Waals surface area contributed by atoms with Gasteiger partial charge in [0, 0.05) is 30.1 Å². The Kier molecular flexibility index (Phi) is 7.25. The molecule has 2 aromatic carbocycles. The number of rotatable bonds is 7. The summed E-state index contributed by atoms with van der Waals surface area (Å²) < 4.78 is 5.93. The van der Waals surface area contributed by atoms with Crippen LogP contribution in [0, 0.1) is 0 Å². The molecule has 3 rings (SSSR count). The zero-order valence-electron chi connectivity index (χ0n) is 15.3. The highest BCUT2D eigenvalue weighted by Crippen LogP contribution is 2.32. The van der Waals surface area contributed by atoms with E-state index in [1.54, 1.807) is 36.0 Å². The van der Waals surface area contributed by atoms with Crippen LogP contribution in [0.4, 0.5) is 0 Å². The summed E-state index contributed by atoms with van der Waals surface area (Å²) >= 11 is 12.0. The van der Waals surface area contributed by atoms with Crippen LogP contribution in [0.3, 0.4) is 0 Å². The van der Waals surface area contributed by atoms with Gasteiger partial charge in [-0.05, 0) is 60.4 Å². The van der Waals surface area contributed by atoms with Gasteiger partial charge in [0.2, 0.25) is 0 Å². The van der Waals surface area contributed by atoms with Crippen LogP contribution >= 0.6 is 23.2 Å². The molecule has 1 amide bonds. The third-order valence-corrected chi connectivity index (χ3v) is 4.88. The lowest BCUT2D eigenvalue weighted by atomic mass is 10.0. The summed E-state index contributed by atoms with van der Waals surface area (Å²) in [6.07, 6.45) is 8.02. The number of pyridine rings is 1. The fourth-order valence-electron chi connectivity index (χ4n) is 2.68. The summed E-state index contributed by atoms with van der Waals surface area (Å²) in [6, 6.07) is 14.6. The second-order valence-electron chi connectivity index (χ2n) is 6.22. The summed E-state index contributed by atoms with van der Waals surface area (Å²) in [5.41, 5.74) is 4.47. The van der Waals surface area contributed by atoms with E-state index < -0.39 is 5.91 Å². The quantitative estimate of drug-likeness (QED) is 0.296. The van der Waals surface area contributed by atoms with Crippen molar-refractivity contribution in [2.45, 2.75) is 12.8 Å². The molecule has 0 saturated heterocycles. The van der Waals surface area contributed by atoms with Gasteiger partial charge in [0.1, 0.15) is 11.5 Å². The highest BCUT2D eigenvalue weighted by molar-refractivity contribution is 6.42. The Morgan fingerprint density at radius 3 is 2.62 bits per heavy atom. The van der Waals surface area contributed by atoms with E-state index >= 15 is 0 Å². The standard InChI is InChI=1S/C22H18Cl2N2O3/c23-19-8-7-18(13-20(19)24)29-21-9-5-15(3-4-16-2-1-11-25-14-16)12-17(21)6-10-22(27)26-28/h1-2,5-14,28H,3-4H2,(H,26,27)/b10-6+. The number of halogens is 2. The fourth-order valence-corrected chi connectivity index (χ4v) is 2.97. The number of aryl methyl sites for hydroxylation is 2. The van der Waals surface area contributed by atoms with E-state index in [1.807, 2.05) is 36.5 Å². The molecule has 2 N–H and O–H groups in total. The van der Waals surface area contributed by atoms with Gasteiger partial charge in [-0.25, -0.2) is 5.48 Å². The second kappa shape index (κ2) is 10.1. The molecule has 29 heavy (non-hydrogen) atoms. The Labute approximate surface area is 178 Å². The maximum Gasteiger partial charge on any atom is 0.267 e. The largest absolute Gasteiger partial charge is 0.457 e. The lowest BCUT2D eigenvalue weighted by molar-refractivity contribution is -0.124. The predicted molar refractivity (Wildman–Crippen MR) is 114 cm³/mol. The molecule has 5 nitrogen and oxygen atoms in total. The van der Waals surface area contributed by atoms with Gasteiger partial charge in [-0.3, -0.25) is 15.0 Å². The lowest BCUT2D eigenvalue weighted by Crippen LogP contribution is -2.14. The van der Waals surface area contributed by atoms with Crippen LogP contribution in [0.2, 0.25) is 10.0 Å². The van der Waals surface area contributed by atoms with Gasteiger partial charge in [-0.1, -0.05) is 35.3 Å². The number of amides is 1. The number of nitrogens with zero attached hydrogens (tertiary/aromatic N) is 1. The molecular formula is C22H18Cl2N2O3. The van der Waals surface area contributed by atoms with E-state index in [4.69, 9.17) is 33.1 Å². The van der Waals surface area contributed by atoms with Crippen LogP contribution in [0.5, 0.6) is 11.5 Å². The minimum absolute atomic E-state index is 0.383. The summed E-state index contributed by atoms with van der Waals surface area (Å²) in [4.78, 5) is 15.5. The molecule has 0 aliphatic rings. The van der Waals surface area contributed by atoms with Crippen molar-refractivity contribution in [2.75, 3.05) is 0 Å². The molecule has 0 unspecified atom stereocenters. The predicted octanol–water partition coefficient (Wildman–Crippen LogP) is 5.48. The number of aromatic nitrogens is 1. The van der Waals surface area contributed by atoms with Crippen LogP contribution in [0.15, 0.2) is 67.0 Å². The highest BCUT2D eigenvalue weighted by Gasteiger charge is 2.08. The van der Waals surface area contributed by atoms with Crippen LogP contribution in [-0.4, -0.2) is 16.1 Å². The van der Waals surface area contributed by atoms with E-state index in [1.165, 1.54) is 6.08 Å². The minimum atomic E-state index is -0.633. The SMILES string of the molecule is O=C(/C=C/c1cc(CCc2cccnc2)ccc1Oc1ccc(Cl)c(Cl)c1)NO. The molecule has 0 saturated carbocycles. The first-order valence-electron chi connectivity index (χ1n) is 8.82. The highest BCUT2D eigenvalue weighted by atomic mass is 35.5. The third-order valence-electron chi connectivity index (χ3n) is 4.14. The van der Waals surface area contributed by atoms with E-state index in [0.29, 0.717) is 27.1 Å². The topological polar surface area (TPSA) is 71.5 Å². The first-order chi connectivity index (χ1) is 14.0. The molecule has 0 atom stereocenters. The minimum Gasteiger partial charge on any atom is -0.457 e. The lowest BCUT2D eigenvalue weighted by Gasteiger charge is -2.12. The number of carbonyl (C=O) groups excluding carboxylic acids is 1. The van der Waals surface area contributed by atoms with Crippen LogP contribution < -0.4 is 10.2 Å². The van der Waals surface area contributed by atoms with Crippen LogP contribution in [-0.2, 0) is 17.6 Å². The van der Waals surface area contributed by atoms with Gasteiger partial charge in [0.25, 0.3) is 5.91 Å². The average molecular weight is 429 g/mol. The van der Waals surface area contributed by atoms with Gasteiger partial charge in [0.15, 0.2) is 0 Å². The smallest absolute Gasteiger partial charge is 0.267 e. The van der Waals surface area contributed by atoms with Crippen molar-refractivity contribution in [1.29, 1.82) is 0 Å². The van der Waals surface area contributed by atoms with Gasteiger partial charge in [-0.15, -0.1) is 0 Å². The van der Waals surface area contributed by atoms with Crippen molar-refractivity contribution >= 4 is 35.2 Å². The molecule has 0 aliphatic heterocycles. The molecule has 7 heteroatoms. The summed E-state index contributed by atoms with van der Waals surface area (Å²) in [5.74, 6) is 0.422. The first-order valence-corrected chi connectivity index (χ1v) is 9.57. The Morgan fingerprint density at radius 2 is 1.90 bits per heavy atom. The molecule has 3 aromatic rings. The molecule has 0 aliphatic carbocycles. The first kappa shape index (κ1) is 20.9. The van der Waals surface area contributed by atoms with Crippen LogP contribution in [0.1, 0.15) is 16.7 Å². The van der Waals surface area contributed by atoms with Gasteiger partial charge in [-0.2, -0.15) is 0 Å². The zero-order valence-corrected chi connectivity index (χ0v) is 16.8. The van der Waals surface area contributed by atoms with Crippen LogP contribution in [0.25, 0.3) is 6.08 Å². The molecule has 1 heterocycles. The maximum atomic E-state index is 11.4. The molecular weight excluding hydrogens is 411 g/mol. The monoisotopic (exact) mass is 428 g/mol. The van der Waals surface area contributed by atoms with Gasteiger partial charge < -0.3 is 4.74 Å². The molecule has 0 radical (unpaired) electrons. The van der Waals surface area contributed by atoms with Crippen molar-refractivity contribution in [1.82, 2.24) is 10.5 Å². The van der Waals surface area contributed by atoms with Crippen molar-refractivity contribution in [3.8, 4) is 11.5 Å². The van der Waals surface area contributed by atoms with Crippen molar-refractivity contribution in [2.24, 2.45) is 0 Å². The number of carbonyl (C=O) groups is 1. The van der Waals surface area contributed by atoms with Gasteiger partial charge in [0.05, 0.1) is 10.0 Å². The summed E-state index contributed by atoms with van der Waals surface area (Å²) in [7, 11) is 0. The summed E-state index contributed by atoms with van der Waals surface area (Å²) in [5, 5.41) is 9.54. The number of benzene rings is 2. The zero-order chi connectivity index (χ0) is 20.6. The molecule has 1 aromatic heterocycles. The number of nitrogens with one attached hydrogen (secondary N) is 1. The van der Waals surface area contributed by atoms with E-state index in [2.05, 4.69) is 4.98 Å². The third kappa shape index (κ3) is 6.06. The number of hydrogen-bond donors (Lipinski definition) is 2. The van der Waals surface area contributed by atoms with Crippen molar-refractivity contribution in [3.05, 3.63) is 93.7 Å². The average Bonchev–Trinajstić information content (AvgIpc) is 2.75. The fraction of sp³-hybridized carbons (Fsp3) is 0.0909. The Hall–Kier alpha value is -2.86. The Bertz CT molecular complexity index is 1020. The number of hydrogen-bond acceptors (Lipinski definition) is 4. The van der Waals surface area contributed by atoms with Crippen molar-refractivity contribution < 1.29 is 14.7 Å². The molecule has 0 spiro atoms. The summed E-state index contributed by atoms with van der Waals surface area (Å²) in [6.45, 7) is 0. The molecule has 148 valence electrons. The number of hydroxylamine groups is 1. The Balaban J connectivity index is 1.84. The van der Waals surface area contributed by atoms with E-state index in [9.17, 15) is 4.79 Å². The normalized spacial score (nSPS) is 10.9. The van der Waals surface area contributed by atoms with Crippen molar-refractivity contribution in [3.63, 3.8) is 0 Å². The molecule has 0 fully saturated rings. The van der Waals surface area contributed by atoms with E-state index in [0.717, 1.165) is 24.0 Å². The number of ether oxygens (including phenoxy) is 1. The maximum absolute atomic E-state index is 11.4. The van der Waals surface area contributed by atoms with Gasteiger partial charge >= 0.3 is 0 Å². The Morgan fingerprint density at radius 1 is 1.07 bits per heavy atom.